The molecule has 0 amide bonds. The van der Waals surface area contributed by atoms with Crippen LogP contribution in [0.15, 0.2) is 12.3 Å². The second kappa shape index (κ2) is 4.56. The van der Waals surface area contributed by atoms with Crippen LogP contribution in [0, 0.1) is 6.92 Å². The molecule has 2 heterocycles. The Kier molecular flexibility index (Phi) is 3.10. The van der Waals surface area contributed by atoms with Crippen LogP contribution in [0.5, 0.6) is 0 Å². The molecule has 2 aromatic heterocycles. The topological polar surface area (TPSA) is 73.6 Å². The zero-order valence-corrected chi connectivity index (χ0v) is 10.4. The summed E-state index contributed by atoms with van der Waals surface area (Å²) < 4.78 is 6.34. The van der Waals surface area contributed by atoms with Crippen molar-refractivity contribution < 1.29 is 14.3 Å². The molecule has 6 heteroatoms. The molecule has 2 aromatic rings. The van der Waals surface area contributed by atoms with Gasteiger partial charge in [0.15, 0.2) is 17.1 Å². The maximum atomic E-state index is 11.6. The lowest BCUT2D eigenvalue weighted by Gasteiger charge is -2.02. The molecule has 0 bridgehead atoms. The van der Waals surface area contributed by atoms with Gasteiger partial charge in [0.2, 0.25) is 0 Å². The van der Waals surface area contributed by atoms with Gasteiger partial charge in [0.1, 0.15) is 0 Å². The van der Waals surface area contributed by atoms with Crippen molar-refractivity contribution in [1.82, 2.24) is 14.6 Å². The van der Waals surface area contributed by atoms with E-state index in [9.17, 15) is 9.59 Å². The Morgan fingerprint density at radius 2 is 2.17 bits per heavy atom. The number of ether oxygens (including phenoxy) is 1. The van der Waals surface area contributed by atoms with Crippen LogP contribution in [0.3, 0.4) is 0 Å². The van der Waals surface area contributed by atoms with Crippen LogP contribution in [0.2, 0.25) is 0 Å². The number of hydrogen-bond donors (Lipinski definition) is 0. The summed E-state index contributed by atoms with van der Waals surface area (Å²) in [6, 6.07) is 1.54. The Bertz CT molecular complexity index is 631. The highest BCUT2D eigenvalue weighted by molar-refractivity contribution is 5.95. The minimum Gasteiger partial charge on any atom is -0.461 e. The van der Waals surface area contributed by atoms with E-state index in [-0.39, 0.29) is 18.1 Å². The van der Waals surface area contributed by atoms with Crippen molar-refractivity contribution in [2.75, 3.05) is 6.61 Å². The van der Waals surface area contributed by atoms with Crippen LogP contribution in [0.25, 0.3) is 5.65 Å². The Labute approximate surface area is 104 Å². The number of aromatic nitrogens is 3. The summed E-state index contributed by atoms with van der Waals surface area (Å²) in [5, 5.41) is 4.10. The number of aryl methyl sites for hydroxylation is 1. The van der Waals surface area contributed by atoms with E-state index < -0.39 is 5.97 Å². The fourth-order valence-corrected chi connectivity index (χ4v) is 1.70. The maximum Gasteiger partial charge on any atom is 0.358 e. The molecule has 0 unspecified atom stereocenters. The zero-order valence-electron chi connectivity index (χ0n) is 10.4. The summed E-state index contributed by atoms with van der Waals surface area (Å²) in [6.45, 7) is 5.24. The van der Waals surface area contributed by atoms with Gasteiger partial charge in [-0.3, -0.25) is 4.79 Å². The number of nitrogens with zero attached hydrogens (tertiary/aromatic N) is 3. The normalized spacial score (nSPS) is 10.6. The third kappa shape index (κ3) is 1.97. The van der Waals surface area contributed by atoms with Crippen molar-refractivity contribution in [3.8, 4) is 0 Å². The van der Waals surface area contributed by atoms with Crippen molar-refractivity contribution in [2.45, 2.75) is 20.8 Å². The van der Waals surface area contributed by atoms with E-state index in [0.29, 0.717) is 16.9 Å². The Morgan fingerprint density at radius 3 is 2.78 bits per heavy atom. The first-order chi connectivity index (χ1) is 8.54. The first kappa shape index (κ1) is 12.2. The molecular weight excluding hydrogens is 234 g/mol. The average Bonchev–Trinajstić information content (AvgIpc) is 2.74. The maximum absolute atomic E-state index is 11.6. The fourth-order valence-electron chi connectivity index (χ4n) is 1.70. The number of carbonyl (C=O) groups is 2. The minimum atomic E-state index is -0.494. The molecule has 0 atom stereocenters. The molecular formula is C12H13N3O3. The zero-order chi connectivity index (χ0) is 13.3. The molecule has 0 spiro atoms. The Hall–Kier alpha value is -2.24. The third-order valence-electron chi connectivity index (χ3n) is 2.59. The molecule has 0 N–H and O–H groups in total. The van der Waals surface area contributed by atoms with Crippen LogP contribution in [0.1, 0.15) is 40.4 Å². The van der Waals surface area contributed by atoms with Gasteiger partial charge in [-0.15, -0.1) is 0 Å². The SMILES string of the molecule is CCOC(=O)c1cc2ncc(C(C)=O)c(C)n2n1. The summed E-state index contributed by atoms with van der Waals surface area (Å²) in [4.78, 5) is 27.0. The molecule has 94 valence electrons. The van der Waals surface area contributed by atoms with Gasteiger partial charge in [0.25, 0.3) is 0 Å². The summed E-state index contributed by atoms with van der Waals surface area (Å²) in [5.41, 5.74) is 1.85. The monoisotopic (exact) mass is 247 g/mol. The van der Waals surface area contributed by atoms with Gasteiger partial charge in [-0.2, -0.15) is 5.10 Å². The number of rotatable bonds is 3. The van der Waals surface area contributed by atoms with Crippen molar-refractivity contribution in [1.29, 1.82) is 0 Å². The quantitative estimate of drug-likeness (QED) is 0.605. The highest BCUT2D eigenvalue weighted by Gasteiger charge is 2.15. The van der Waals surface area contributed by atoms with Crippen molar-refractivity contribution in [3.05, 3.63) is 29.2 Å². The van der Waals surface area contributed by atoms with Crippen LogP contribution < -0.4 is 0 Å². The molecule has 0 aromatic carbocycles. The summed E-state index contributed by atoms with van der Waals surface area (Å²) in [5.74, 6) is -0.582. The smallest absolute Gasteiger partial charge is 0.358 e. The highest BCUT2D eigenvalue weighted by atomic mass is 16.5. The van der Waals surface area contributed by atoms with Crippen LogP contribution in [-0.4, -0.2) is 33.0 Å². The Morgan fingerprint density at radius 1 is 1.44 bits per heavy atom. The van der Waals surface area contributed by atoms with E-state index in [2.05, 4.69) is 10.1 Å². The number of fused-ring (bicyclic) bond motifs is 1. The molecule has 0 fully saturated rings. The second-order valence-electron chi connectivity index (χ2n) is 3.83. The first-order valence-electron chi connectivity index (χ1n) is 5.58. The van der Waals surface area contributed by atoms with Gasteiger partial charge in [-0.25, -0.2) is 14.3 Å². The van der Waals surface area contributed by atoms with Gasteiger partial charge in [-0.05, 0) is 20.8 Å². The summed E-state index contributed by atoms with van der Waals surface area (Å²) in [7, 11) is 0. The fraction of sp³-hybridized carbons (Fsp3) is 0.333. The van der Waals surface area contributed by atoms with E-state index in [1.165, 1.54) is 23.7 Å². The number of ketones is 1. The molecule has 0 saturated carbocycles. The lowest BCUT2D eigenvalue weighted by atomic mass is 10.2. The lowest BCUT2D eigenvalue weighted by molar-refractivity contribution is 0.0519. The van der Waals surface area contributed by atoms with Gasteiger partial charge < -0.3 is 4.74 Å². The number of carbonyl (C=O) groups excluding carboxylic acids is 2. The van der Waals surface area contributed by atoms with Crippen molar-refractivity contribution >= 4 is 17.4 Å². The molecule has 0 saturated heterocycles. The summed E-state index contributed by atoms with van der Waals surface area (Å²) >= 11 is 0. The molecule has 2 rings (SSSR count). The largest absolute Gasteiger partial charge is 0.461 e. The minimum absolute atomic E-state index is 0.0879. The van der Waals surface area contributed by atoms with Gasteiger partial charge >= 0.3 is 5.97 Å². The standard InChI is InChI=1S/C12H13N3O3/c1-4-18-12(17)10-5-11-13-6-9(8(3)16)7(2)15(11)14-10/h5-6H,4H2,1-3H3. The molecule has 0 aliphatic heterocycles. The van der Waals surface area contributed by atoms with Crippen LogP contribution >= 0.6 is 0 Å². The first-order valence-corrected chi connectivity index (χ1v) is 5.58. The summed E-state index contributed by atoms with van der Waals surface area (Å²) in [6.07, 6.45) is 1.49. The number of hydrogen-bond acceptors (Lipinski definition) is 5. The van der Waals surface area contributed by atoms with E-state index in [1.807, 2.05) is 0 Å². The van der Waals surface area contributed by atoms with E-state index >= 15 is 0 Å². The van der Waals surface area contributed by atoms with Crippen LogP contribution in [-0.2, 0) is 4.74 Å². The van der Waals surface area contributed by atoms with Crippen molar-refractivity contribution in [3.63, 3.8) is 0 Å². The van der Waals surface area contributed by atoms with Crippen molar-refractivity contribution in [2.24, 2.45) is 0 Å². The van der Waals surface area contributed by atoms with E-state index in [0.717, 1.165) is 0 Å². The van der Waals surface area contributed by atoms with Gasteiger partial charge in [0, 0.05) is 12.3 Å². The van der Waals surface area contributed by atoms with Crippen LogP contribution in [0.4, 0.5) is 0 Å². The average molecular weight is 247 g/mol. The predicted octanol–water partition coefficient (Wildman–Crippen LogP) is 1.42. The molecule has 0 aliphatic rings. The molecule has 6 nitrogen and oxygen atoms in total. The predicted molar refractivity (Wildman–Crippen MR) is 63.7 cm³/mol. The highest BCUT2D eigenvalue weighted by Crippen LogP contribution is 2.12. The molecule has 0 radical (unpaired) electrons. The van der Waals surface area contributed by atoms with E-state index in [4.69, 9.17) is 4.74 Å². The second-order valence-corrected chi connectivity index (χ2v) is 3.83. The third-order valence-corrected chi connectivity index (χ3v) is 2.59. The lowest BCUT2D eigenvalue weighted by Crippen LogP contribution is -2.07. The van der Waals surface area contributed by atoms with E-state index in [1.54, 1.807) is 13.8 Å². The molecule has 0 aliphatic carbocycles. The Balaban J connectivity index is 2.55. The van der Waals surface area contributed by atoms with Gasteiger partial charge in [-0.1, -0.05) is 0 Å². The number of esters is 1. The van der Waals surface area contributed by atoms with Gasteiger partial charge in [0.05, 0.1) is 17.9 Å². The number of Topliss-reactive ketones (excluding diaryl/α,β-unsaturated/α-hetero) is 1. The molecule has 18 heavy (non-hydrogen) atoms.